The Morgan fingerprint density at radius 2 is 1.94 bits per heavy atom. The summed E-state index contributed by atoms with van der Waals surface area (Å²) in [7, 11) is 0. The maximum Gasteiger partial charge on any atom is 0.115 e. The minimum absolute atomic E-state index is 0.393. The fraction of sp³-hybridized carbons (Fsp3) is 0.625. The molecular formula is C16H23NO. The third-order valence-corrected chi connectivity index (χ3v) is 4.65. The molecule has 2 aliphatic rings. The lowest BCUT2D eigenvalue weighted by Gasteiger charge is -2.29. The summed E-state index contributed by atoms with van der Waals surface area (Å²) in [4.78, 5) is 2.64. The first-order valence-electron chi connectivity index (χ1n) is 7.35. The van der Waals surface area contributed by atoms with E-state index in [4.69, 9.17) is 0 Å². The second-order valence-electron chi connectivity index (χ2n) is 5.89. The summed E-state index contributed by atoms with van der Waals surface area (Å²) in [6.45, 7) is 2.24. The van der Waals surface area contributed by atoms with E-state index in [2.05, 4.69) is 11.0 Å². The first-order chi connectivity index (χ1) is 8.83. The van der Waals surface area contributed by atoms with E-state index in [9.17, 15) is 5.11 Å². The summed E-state index contributed by atoms with van der Waals surface area (Å²) in [6.07, 6.45) is 8.45. The molecule has 0 aromatic heterocycles. The average Bonchev–Trinajstić information content (AvgIpc) is 2.98. The van der Waals surface area contributed by atoms with Gasteiger partial charge in [0.1, 0.15) is 5.75 Å². The molecule has 1 atom stereocenters. The number of hydrogen-bond donors (Lipinski definition) is 1. The van der Waals surface area contributed by atoms with Crippen molar-refractivity contribution >= 4 is 0 Å². The molecule has 1 aliphatic carbocycles. The Bertz CT molecular complexity index is 398. The van der Waals surface area contributed by atoms with Gasteiger partial charge in [-0.05, 0) is 55.8 Å². The summed E-state index contributed by atoms with van der Waals surface area (Å²) in [5, 5.41) is 9.55. The van der Waals surface area contributed by atoms with Crippen molar-refractivity contribution in [2.24, 2.45) is 5.92 Å². The SMILES string of the molecule is Oc1cccc(CN2CCCC2C2CCCC2)c1. The molecule has 3 rings (SSSR count). The molecule has 0 radical (unpaired) electrons. The Morgan fingerprint density at radius 1 is 1.11 bits per heavy atom. The van der Waals surface area contributed by atoms with Gasteiger partial charge in [0.25, 0.3) is 0 Å². The van der Waals surface area contributed by atoms with Crippen LogP contribution in [0.25, 0.3) is 0 Å². The highest BCUT2D eigenvalue weighted by molar-refractivity contribution is 5.27. The topological polar surface area (TPSA) is 23.5 Å². The molecule has 1 unspecified atom stereocenters. The van der Waals surface area contributed by atoms with Crippen molar-refractivity contribution in [1.29, 1.82) is 0 Å². The van der Waals surface area contributed by atoms with Crippen LogP contribution in [-0.2, 0) is 6.54 Å². The molecule has 1 saturated heterocycles. The van der Waals surface area contributed by atoms with Crippen molar-refractivity contribution in [1.82, 2.24) is 4.90 Å². The molecular weight excluding hydrogens is 222 g/mol. The molecule has 0 spiro atoms. The Hall–Kier alpha value is -1.02. The smallest absolute Gasteiger partial charge is 0.115 e. The van der Waals surface area contributed by atoms with Crippen LogP contribution in [-0.4, -0.2) is 22.6 Å². The van der Waals surface area contributed by atoms with Gasteiger partial charge >= 0.3 is 0 Å². The van der Waals surface area contributed by atoms with E-state index in [1.54, 1.807) is 6.07 Å². The molecule has 0 bridgehead atoms. The van der Waals surface area contributed by atoms with Gasteiger partial charge in [-0.2, -0.15) is 0 Å². The fourth-order valence-corrected chi connectivity index (χ4v) is 3.81. The highest BCUT2D eigenvalue weighted by atomic mass is 16.3. The van der Waals surface area contributed by atoms with Crippen LogP contribution in [0.15, 0.2) is 24.3 Å². The zero-order chi connectivity index (χ0) is 12.4. The molecule has 2 fully saturated rings. The van der Waals surface area contributed by atoms with Crippen molar-refractivity contribution < 1.29 is 5.11 Å². The maximum atomic E-state index is 9.55. The first-order valence-corrected chi connectivity index (χ1v) is 7.35. The minimum atomic E-state index is 0.393. The predicted octanol–water partition coefficient (Wildman–Crippen LogP) is 3.55. The molecule has 1 aromatic rings. The Labute approximate surface area is 110 Å². The van der Waals surface area contributed by atoms with E-state index in [1.165, 1.54) is 50.6 Å². The number of phenols is 1. The van der Waals surface area contributed by atoms with Crippen LogP contribution in [0.2, 0.25) is 0 Å². The molecule has 1 saturated carbocycles. The van der Waals surface area contributed by atoms with Gasteiger partial charge in [0.15, 0.2) is 0 Å². The highest BCUT2D eigenvalue weighted by Gasteiger charge is 2.32. The van der Waals surface area contributed by atoms with Gasteiger partial charge in [-0.3, -0.25) is 4.90 Å². The van der Waals surface area contributed by atoms with Crippen molar-refractivity contribution in [2.75, 3.05) is 6.54 Å². The molecule has 1 heterocycles. The van der Waals surface area contributed by atoms with Gasteiger partial charge in [-0.1, -0.05) is 25.0 Å². The Morgan fingerprint density at radius 3 is 2.72 bits per heavy atom. The fourth-order valence-electron chi connectivity index (χ4n) is 3.81. The van der Waals surface area contributed by atoms with Crippen molar-refractivity contribution in [3.05, 3.63) is 29.8 Å². The molecule has 18 heavy (non-hydrogen) atoms. The molecule has 1 aliphatic heterocycles. The Kier molecular flexibility index (Phi) is 3.55. The summed E-state index contributed by atoms with van der Waals surface area (Å²) >= 11 is 0. The molecule has 1 N–H and O–H groups in total. The van der Waals surface area contributed by atoms with Crippen LogP contribution in [0, 0.1) is 5.92 Å². The number of phenolic OH excluding ortho intramolecular Hbond substituents is 1. The first kappa shape index (κ1) is 12.0. The Balaban J connectivity index is 1.67. The number of benzene rings is 1. The normalized spacial score (nSPS) is 25.9. The van der Waals surface area contributed by atoms with Gasteiger partial charge in [-0.25, -0.2) is 0 Å². The standard InChI is InChI=1S/C16H23NO/c18-15-8-3-5-13(11-15)12-17-10-4-9-16(17)14-6-1-2-7-14/h3,5,8,11,14,16,18H,1-2,4,6-7,9-10,12H2. The second kappa shape index (κ2) is 5.31. The maximum absolute atomic E-state index is 9.55. The third-order valence-electron chi connectivity index (χ3n) is 4.65. The van der Waals surface area contributed by atoms with E-state index in [-0.39, 0.29) is 0 Å². The summed E-state index contributed by atoms with van der Waals surface area (Å²) < 4.78 is 0. The largest absolute Gasteiger partial charge is 0.508 e. The molecule has 0 amide bonds. The third kappa shape index (κ3) is 2.54. The zero-order valence-electron chi connectivity index (χ0n) is 11.0. The van der Waals surface area contributed by atoms with Gasteiger partial charge in [-0.15, -0.1) is 0 Å². The lowest BCUT2D eigenvalue weighted by atomic mass is 9.96. The zero-order valence-corrected chi connectivity index (χ0v) is 11.0. The van der Waals surface area contributed by atoms with E-state index in [1.807, 2.05) is 12.1 Å². The molecule has 98 valence electrons. The summed E-state index contributed by atoms with van der Waals surface area (Å²) in [5.74, 6) is 1.33. The second-order valence-corrected chi connectivity index (χ2v) is 5.89. The number of hydrogen-bond acceptors (Lipinski definition) is 2. The summed E-state index contributed by atoms with van der Waals surface area (Å²) in [5.41, 5.74) is 1.25. The van der Waals surface area contributed by atoms with Gasteiger partial charge in [0.05, 0.1) is 0 Å². The van der Waals surface area contributed by atoms with Gasteiger partial charge < -0.3 is 5.11 Å². The monoisotopic (exact) mass is 245 g/mol. The predicted molar refractivity (Wildman–Crippen MR) is 73.5 cm³/mol. The van der Waals surface area contributed by atoms with Gasteiger partial charge in [0, 0.05) is 12.6 Å². The lowest BCUT2D eigenvalue weighted by Crippen LogP contribution is -2.34. The lowest BCUT2D eigenvalue weighted by molar-refractivity contribution is 0.183. The number of aromatic hydroxyl groups is 1. The van der Waals surface area contributed by atoms with Crippen LogP contribution < -0.4 is 0 Å². The van der Waals surface area contributed by atoms with Gasteiger partial charge in [0.2, 0.25) is 0 Å². The molecule has 2 heteroatoms. The van der Waals surface area contributed by atoms with Crippen LogP contribution >= 0.6 is 0 Å². The van der Waals surface area contributed by atoms with Crippen molar-refractivity contribution in [3.8, 4) is 5.75 Å². The minimum Gasteiger partial charge on any atom is -0.508 e. The number of rotatable bonds is 3. The van der Waals surface area contributed by atoms with Crippen LogP contribution in [0.1, 0.15) is 44.1 Å². The van der Waals surface area contributed by atoms with Crippen molar-refractivity contribution in [2.45, 2.75) is 51.1 Å². The number of nitrogens with zero attached hydrogens (tertiary/aromatic N) is 1. The van der Waals surface area contributed by atoms with Crippen LogP contribution in [0.5, 0.6) is 5.75 Å². The van der Waals surface area contributed by atoms with Crippen LogP contribution in [0.3, 0.4) is 0 Å². The molecule has 1 aromatic carbocycles. The quantitative estimate of drug-likeness (QED) is 0.880. The highest BCUT2D eigenvalue weighted by Crippen LogP contribution is 2.36. The van der Waals surface area contributed by atoms with E-state index in [0.29, 0.717) is 5.75 Å². The number of likely N-dealkylation sites (tertiary alicyclic amines) is 1. The average molecular weight is 245 g/mol. The molecule has 2 nitrogen and oxygen atoms in total. The van der Waals surface area contributed by atoms with Crippen molar-refractivity contribution in [3.63, 3.8) is 0 Å². The van der Waals surface area contributed by atoms with Crippen LogP contribution in [0.4, 0.5) is 0 Å². The van der Waals surface area contributed by atoms with E-state index >= 15 is 0 Å². The summed E-state index contributed by atoms with van der Waals surface area (Å²) in [6, 6.07) is 8.54. The van der Waals surface area contributed by atoms with E-state index < -0.39 is 0 Å². The van der Waals surface area contributed by atoms with E-state index in [0.717, 1.165) is 18.5 Å².